The zero-order valence-electron chi connectivity index (χ0n) is 7.32. The Morgan fingerprint density at radius 3 is 2.93 bits per heavy atom. The molecule has 0 saturated heterocycles. The third-order valence-corrected chi connectivity index (χ3v) is 2.13. The fourth-order valence-electron chi connectivity index (χ4n) is 1.49. The first kappa shape index (κ1) is 8.74. The summed E-state index contributed by atoms with van der Waals surface area (Å²) in [5.41, 5.74) is 0.631. The van der Waals surface area contributed by atoms with Crippen molar-refractivity contribution in [2.24, 2.45) is 0 Å². The summed E-state index contributed by atoms with van der Waals surface area (Å²) in [6.07, 6.45) is 0.151. The lowest BCUT2D eigenvalue weighted by Crippen LogP contribution is -2.22. The number of hydrogen-bond acceptors (Lipinski definition) is 3. The monoisotopic (exact) mass is 192 g/mol. The summed E-state index contributed by atoms with van der Waals surface area (Å²) in [5, 5.41) is 8.86. The fraction of sp³-hybridized carbons (Fsp3) is 0.200. The topological polar surface area (TPSA) is 63.6 Å². The highest BCUT2D eigenvalue weighted by Crippen LogP contribution is 2.26. The normalized spacial score (nSPS) is 14.4. The van der Waals surface area contributed by atoms with Crippen molar-refractivity contribution >= 4 is 11.8 Å². The Kier molecular flexibility index (Phi) is 1.96. The van der Waals surface area contributed by atoms with Gasteiger partial charge in [-0.25, -0.2) is 4.79 Å². The second-order valence-corrected chi connectivity index (χ2v) is 3.09. The number of ether oxygens (including phenoxy) is 1. The highest BCUT2D eigenvalue weighted by atomic mass is 16.5. The third-order valence-electron chi connectivity index (χ3n) is 2.13. The maximum Gasteiger partial charge on any atom is 0.336 e. The second kappa shape index (κ2) is 3.14. The Morgan fingerprint density at radius 2 is 2.21 bits per heavy atom. The number of ketones is 1. The molecule has 1 aliphatic heterocycles. The average molecular weight is 192 g/mol. The molecule has 0 unspecified atom stereocenters. The van der Waals surface area contributed by atoms with Gasteiger partial charge < -0.3 is 9.84 Å². The van der Waals surface area contributed by atoms with Gasteiger partial charge in [0.1, 0.15) is 12.4 Å². The van der Waals surface area contributed by atoms with Crippen LogP contribution in [0.4, 0.5) is 0 Å². The average Bonchev–Trinajstić information content (AvgIpc) is 2.16. The van der Waals surface area contributed by atoms with E-state index in [9.17, 15) is 9.59 Å². The van der Waals surface area contributed by atoms with Crippen LogP contribution >= 0.6 is 0 Å². The molecule has 4 nitrogen and oxygen atoms in total. The van der Waals surface area contributed by atoms with E-state index in [4.69, 9.17) is 9.84 Å². The van der Waals surface area contributed by atoms with Crippen LogP contribution in [-0.4, -0.2) is 23.5 Å². The molecule has 0 saturated carbocycles. The molecule has 0 aromatic heterocycles. The van der Waals surface area contributed by atoms with Crippen LogP contribution in [0.25, 0.3) is 0 Å². The van der Waals surface area contributed by atoms with Crippen LogP contribution in [0.5, 0.6) is 5.75 Å². The Balaban J connectivity index is 2.54. The number of carboxylic acids is 1. The first-order chi connectivity index (χ1) is 6.68. The van der Waals surface area contributed by atoms with Crippen LogP contribution < -0.4 is 4.74 Å². The standard InChI is InChI=1S/C10H8O4/c11-6-4-8-7(10(12)13)2-1-3-9(8)14-5-6/h1-3H,4-5H2,(H,12,13). The van der Waals surface area contributed by atoms with Gasteiger partial charge in [0.15, 0.2) is 5.78 Å². The van der Waals surface area contributed by atoms with Crippen molar-refractivity contribution in [1.82, 2.24) is 0 Å². The molecule has 0 aliphatic carbocycles. The number of carbonyl (C=O) groups is 2. The van der Waals surface area contributed by atoms with Crippen LogP contribution in [0.3, 0.4) is 0 Å². The molecule has 14 heavy (non-hydrogen) atoms. The van der Waals surface area contributed by atoms with Crippen molar-refractivity contribution < 1.29 is 19.4 Å². The molecule has 0 fully saturated rings. The second-order valence-electron chi connectivity index (χ2n) is 3.09. The van der Waals surface area contributed by atoms with Crippen LogP contribution in [0, 0.1) is 0 Å². The van der Waals surface area contributed by atoms with E-state index in [0.717, 1.165) is 0 Å². The summed E-state index contributed by atoms with van der Waals surface area (Å²) in [6, 6.07) is 4.76. The summed E-state index contributed by atoms with van der Waals surface area (Å²) < 4.78 is 5.11. The predicted octanol–water partition coefficient (Wildman–Crippen LogP) is 0.889. The number of benzene rings is 1. The minimum Gasteiger partial charge on any atom is -0.486 e. The first-order valence-electron chi connectivity index (χ1n) is 4.18. The molecule has 4 heteroatoms. The maximum absolute atomic E-state index is 11.1. The van der Waals surface area contributed by atoms with Gasteiger partial charge in [0.2, 0.25) is 0 Å². The molecule has 1 aromatic carbocycles. The molecule has 1 aromatic rings. The van der Waals surface area contributed by atoms with E-state index in [1.165, 1.54) is 6.07 Å². The Bertz CT molecular complexity index is 409. The number of aromatic carboxylic acids is 1. The van der Waals surface area contributed by atoms with Gasteiger partial charge in [-0.15, -0.1) is 0 Å². The largest absolute Gasteiger partial charge is 0.486 e. The molecule has 72 valence electrons. The lowest BCUT2D eigenvalue weighted by atomic mass is 9.99. The number of rotatable bonds is 1. The van der Waals surface area contributed by atoms with E-state index < -0.39 is 5.97 Å². The summed E-state index contributed by atoms with van der Waals surface area (Å²) in [7, 11) is 0. The first-order valence-corrected chi connectivity index (χ1v) is 4.18. The van der Waals surface area contributed by atoms with E-state index in [0.29, 0.717) is 11.3 Å². The summed E-state index contributed by atoms with van der Waals surface area (Å²) in [5.74, 6) is -0.615. The molecule has 0 amide bonds. The van der Waals surface area contributed by atoms with Crippen molar-refractivity contribution in [3.63, 3.8) is 0 Å². The van der Waals surface area contributed by atoms with Gasteiger partial charge in [-0.2, -0.15) is 0 Å². The molecule has 1 N–H and O–H groups in total. The minimum absolute atomic E-state index is 0.0378. The van der Waals surface area contributed by atoms with Gasteiger partial charge >= 0.3 is 5.97 Å². The lowest BCUT2D eigenvalue weighted by Gasteiger charge is -2.17. The van der Waals surface area contributed by atoms with E-state index in [1.54, 1.807) is 12.1 Å². The van der Waals surface area contributed by atoms with Gasteiger partial charge in [0.25, 0.3) is 0 Å². The number of fused-ring (bicyclic) bond motifs is 1. The summed E-state index contributed by atoms with van der Waals surface area (Å²) in [4.78, 5) is 21.9. The van der Waals surface area contributed by atoms with E-state index in [2.05, 4.69) is 0 Å². The molecule has 2 rings (SSSR count). The number of Topliss-reactive ketones (excluding diaryl/α,β-unsaturated/α-hetero) is 1. The van der Waals surface area contributed by atoms with Crippen LogP contribution in [0.1, 0.15) is 15.9 Å². The zero-order chi connectivity index (χ0) is 10.1. The maximum atomic E-state index is 11.1. The number of carbonyl (C=O) groups excluding carboxylic acids is 1. The Morgan fingerprint density at radius 1 is 1.43 bits per heavy atom. The molecule has 1 aliphatic rings. The molecule has 0 atom stereocenters. The zero-order valence-corrected chi connectivity index (χ0v) is 7.32. The van der Waals surface area contributed by atoms with Gasteiger partial charge in [-0.05, 0) is 12.1 Å². The van der Waals surface area contributed by atoms with Crippen molar-refractivity contribution in [3.05, 3.63) is 29.3 Å². The van der Waals surface area contributed by atoms with Crippen molar-refractivity contribution in [2.75, 3.05) is 6.61 Å². The van der Waals surface area contributed by atoms with Gasteiger partial charge in [0, 0.05) is 12.0 Å². The molecule has 0 radical (unpaired) electrons. The molecule has 1 heterocycles. The number of carboxylic acid groups (broad SMARTS) is 1. The lowest BCUT2D eigenvalue weighted by molar-refractivity contribution is -0.121. The summed E-state index contributed by atoms with van der Waals surface area (Å²) in [6.45, 7) is 0.0378. The molecular weight excluding hydrogens is 184 g/mol. The van der Waals surface area contributed by atoms with Crippen molar-refractivity contribution in [2.45, 2.75) is 6.42 Å². The summed E-state index contributed by atoms with van der Waals surface area (Å²) >= 11 is 0. The quantitative estimate of drug-likeness (QED) is 0.717. The molecule has 0 bridgehead atoms. The van der Waals surface area contributed by atoms with E-state index >= 15 is 0 Å². The van der Waals surface area contributed by atoms with E-state index in [1.807, 2.05) is 0 Å². The third kappa shape index (κ3) is 1.35. The Labute approximate surface area is 80.1 Å². The van der Waals surface area contributed by atoms with Crippen molar-refractivity contribution in [1.29, 1.82) is 0 Å². The number of hydrogen-bond donors (Lipinski definition) is 1. The van der Waals surface area contributed by atoms with Crippen LogP contribution in [0.2, 0.25) is 0 Å². The molecular formula is C10H8O4. The highest BCUT2D eigenvalue weighted by molar-refractivity contribution is 5.94. The van der Waals surface area contributed by atoms with Gasteiger partial charge in [-0.1, -0.05) is 6.07 Å². The smallest absolute Gasteiger partial charge is 0.336 e. The highest BCUT2D eigenvalue weighted by Gasteiger charge is 2.22. The SMILES string of the molecule is O=C1COc2cccc(C(=O)O)c2C1. The van der Waals surface area contributed by atoms with Crippen molar-refractivity contribution in [3.8, 4) is 5.75 Å². The van der Waals surface area contributed by atoms with E-state index in [-0.39, 0.29) is 24.4 Å². The molecule has 0 spiro atoms. The van der Waals surface area contributed by atoms with Gasteiger partial charge in [0.05, 0.1) is 5.56 Å². The fourth-order valence-corrected chi connectivity index (χ4v) is 1.49. The minimum atomic E-state index is -1.03. The van der Waals surface area contributed by atoms with Gasteiger partial charge in [-0.3, -0.25) is 4.79 Å². The van der Waals surface area contributed by atoms with Crippen LogP contribution in [-0.2, 0) is 11.2 Å². The Hall–Kier alpha value is -1.84. The van der Waals surface area contributed by atoms with Crippen LogP contribution in [0.15, 0.2) is 18.2 Å². The predicted molar refractivity (Wildman–Crippen MR) is 47.6 cm³/mol.